The van der Waals surface area contributed by atoms with E-state index in [9.17, 15) is 9.18 Å². The normalized spacial score (nSPS) is 28.2. The molecule has 0 radical (unpaired) electrons. The van der Waals surface area contributed by atoms with Crippen LogP contribution in [-0.4, -0.2) is 35.5 Å². The predicted molar refractivity (Wildman–Crippen MR) is 96.4 cm³/mol. The predicted octanol–water partition coefficient (Wildman–Crippen LogP) is 4.30. The molecule has 128 valence electrons. The zero-order valence-corrected chi connectivity index (χ0v) is 15.3. The fourth-order valence-corrected chi connectivity index (χ4v) is 5.56. The number of thiophene rings is 1. The molecule has 1 aromatic carbocycles. The lowest BCUT2D eigenvalue weighted by Crippen LogP contribution is -2.69. The molecule has 24 heavy (non-hydrogen) atoms. The molecular formula is C18H20ClFN2OS. The molecule has 2 bridgehead atoms. The van der Waals surface area contributed by atoms with Gasteiger partial charge in [0.15, 0.2) is 0 Å². The first-order valence-corrected chi connectivity index (χ1v) is 9.50. The lowest BCUT2D eigenvalue weighted by Gasteiger charge is -2.56. The quantitative estimate of drug-likeness (QED) is 0.859. The number of benzene rings is 1. The molecule has 0 spiro atoms. The number of amides is 1. The van der Waals surface area contributed by atoms with Gasteiger partial charge in [-0.05, 0) is 69.3 Å². The Labute approximate surface area is 149 Å². The zero-order chi connectivity index (χ0) is 17.1. The highest BCUT2D eigenvalue weighted by atomic mass is 35.5. The third-order valence-corrected chi connectivity index (χ3v) is 7.23. The van der Waals surface area contributed by atoms with E-state index in [1.165, 1.54) is 23.5 Å². The molecule has 3 fully saturated rings. The smallest absolute Gasteiger partial charge is 0.261 e. The number of hydrogen-bond donors (Lipinski definition) is 1. The van der Waals surface area contributed by atoms with Crippen molar-refractivity contribution in [3.8, 4) is 0 Å². The molecule has 1 amide bonds. The average molecular weight is 367 g/mol. The minimum atomic E-state index is -0.379. The van der Waals surface area contributed by atoms with Gasteiger partial charge in [-0.25, -0.2) is 4.39 Å². The second-order valence-electron chi connectivity index (χ2n) is 7.35. The Balaban J connectivity index is 1.61. The number of carbonyl (C=O) groups excluding carboxylic acids is 1. The van der Waals surface area contributed by atoms with Crippen LogP contribution in [0.4, 0.5) is 4.39 Å². The monoisotopic (exact) mass is 366 g/mol. The Hall–Kier alpha value is -1.17. The standard InChI is InChI=1S/C18H20ClFN2OS/c1-18(2)16(10-3-5-22(18)6-4-10)21-17(23)14-8-11-7-12(20)9-13(19)15(11)24-14/h7-10,16H,3-6H2,1-2H3,(H,21,23). The molecule has 3 aliphatic heterocycles. The largest absolute Gasteiger partial charge is 0.346 e. The Bertz CT molecular complexity index is 811. The molecule has 0 saturated carbocycles. The molecule has 3 aliphatic rings. The van der Waals surface area contributed by atoms with Gasteiger partial charge in [0.1, 0.15) is 5.82 Å². The Kier molecular flexibility index (Phi) is 3.86. The van der Waals surface area contributed by atoms with Crippen molar-refractivity contribution in [3.63, 3.8) is 0 Å². The van der Waals surface area contributed by atoms with Crippen LogP contribution in [0.1, 0.15) is 36.4 Å². The SMILES string of the molecule is CC1(C)C(NC(=O)c2cc3cc(F)cc(Cl)c3s2)C2CCN1CC2. The Morgan fingerprint density at radius 2 is 2.04 bits per heavy atom. The Morgan fingerprint density at radius 3 is 2.71 bits per heavy atom. The fourth-order valence-electron chi connectivity index (χ4n) is 4.28. The minimum Gasteiger partial charge on any atom is -0.346 e. The molecular weight excluding hydrogens is 347 g/mol. The summed E-state index contributed by atoms with van der Waals surface area (Å²) < 4.78 is 14.3. The summed E-state index contributed by atoms with van der Waals surface area (Å²) in [5.41, 5.74) is -0.0305. The number of nitrogens with zero attached hydrogens (tertiary/aromatic N) is 1. The molecule has 0 aliphatic carbocycles. The lowest BCUT2D eigenvalue weighted by atomic mass is 9.72. The maximum Gasteiger partial charge on any atom is 0.261 e. The number of halogens is 2. The van der Waals surface area contributed by atoms with Gasteiger partial charge >= 0.3 is 0 Å². The molecule has 3 nitrogen and oxygen atoms in total. The van der Waals surface area contributed by atoms with Crippen LogP contribution in [0, 0.1) is 11.7 Å². The molecule has 1 aromatic heterocycles. The van der Waals surface area contributed by atoms with Gasteiger partial charge in [0.25, 0.3) is 5.91 Å². The van der Waals surface area contributed by atoms with Crippen molar-refractivity contribution in [3.05, 3.63) is 33.9 Å². The van der Waals surface area contributed by atoms with Crippen LogP contribution in [0.2, 0.25) is 5.02 Å². The first kappa shape index (κ1) is 16.3. The van der Waals surface area contributed by atoms with Crippen molar-refractivity contribution in [2.45, 2.75) is 38.3 Å². The lowest BCUT2D eigenvalue weighted by molar-refractivity contribution is -0.0377. The van der Waals surface area contributed by atoms with Crippen LogP contribution in [0.3, 0.4) is 0 Å². The van der Waals surface area contributed by atoms with E-state index in [1.807, 2.05) is 0 Å². The van der Waals surface area contributed by atoms with E-state index in [2.05, 4.69) is 24.1 Å². The summed E-state index contributed by atoms with van der Waals surface area (Å²) in [7, 11) is 0. The summed E-state index contributed by atoms with van der Waals surface area (Å²) in [4.78, 5) is 15.8. The van der Waals surface area contributed by atoms with Crippen molar-refractivity contribution >= 4 is 38.9 Å². The molecule has 2 aromatic rings. The van der Waals surface area contributed by atoms with E-state index >= 15 is 0 Å². The summed E-state index contributed by atoms with van der Waals surface area (Å²) in [5, 5.41) is 4.29. The highest BCUT2D eigenvalue weighted by Gasteiger charge is 2.48. The van der Waals surface area contributed by atoms with Gasteiger partial charge in [-0.15, -0.1) is 11.3 Å². The van der Waals surface area contributed by atoms with E-state index in [1.54, 1.807) is 6.07 Å². The number of rotatable bonds is 2. The Morgan fingerprint density at radius 1 is 1.33 bits per heavy atom. The van der Waals surface area contributed by atoms with Crippen LogP contribution in [0.25, 0.3) is 10.1 Å². The second-order valence-corrected chi connectivity index (χ2v) is 8.81. The molecule has 4 heterocycles. The van der Waals surface area contributed by atoms with Crippen LogP contribution in [-0.2, 0) is 0 Å². The van der Waals surface area contributed by atoms with Gasteiger partial charge in [-0.2, -0.15) is 0 Å². The third-order valence-electron chi connectivity index (χ3n) is 5.63. The molecule has 1 N–H and O–H groups in total. The van der Waals surface area contributed by atoms with E-state index in [-0.39, 0.29) is 23.3 Å². The summed E-state index contributed by atoms with van der Waals surface area (Å²) in [6.07, 6.45) is 2.27. The molecule has 3 saturated heterocycles. The summed E-state index contributed by atoms with van der Waals surface area (Å²) in [5.74, 6) is 0.0691. The highest BCUT2D eigenvalue weighted by Crippen LogP contribution is 2.39. The summed E-state index contributed by atoms with van der Waals surface area (Å²) in [6.45, 7) is 6.64. The number of piperidine rings is 3. The van der Waals surface area contributed by atoms with Gasteiger partial charge < -0.3 is 5.32 Å². The summed E-state index contributed by atoms with van der Waals surface area (Å²) >= 11 is 7.43. The first-order valence-electron chi connectivity index (χ1n) is 8.31. The van der Waals surface area contributed by atoms with Crippen molar-refractivity contribution in [1.82, 2.24) is 10.2 Å². The number of carbonyl (C=O) groups is 1. The van der Waals surface area contributed by atoms with Gasteiger partial charge in [0.2, 0.25) is 0 Å². The van der Waals surface area contributed by atoms with Crippen LogP contribution in [0.15, 0.2) is 18.2 Å². The number of hydrogen-bond acceptors (Lipinski definition) is 3. The van der Waals surface area contributed by atoms with Crippen LogP contribution < -0.4 is 5.32 Å². The molecule has 1 unspecified atom stereocenters. The van der Waals surface area contributed by atoms with Crippen molar-refractivity contribution in [2.24, 2.45) is 5.92 Å². The number of fused-ring (bicyclic) bond motifs is 4. The maximum atomic E-state index is 13.5. The van der Waals surface area contributed by atoms with E-state index < -0.39 is 0 Å². The molecule has 1 atom stereocenters. The highest BCUT2D eigenvalue weighted by molar-refractivity contribution is 7.21. The van der Waals surface area contributed by atoms with Gasteiger partial charge in [0.05, 0.1) is 14.6 Å². The molecule has 6 heteroatoms. The van der Waals surface area contributed by atoms with Gasteiger partial charge in [-0.3, -0.25) is 9.69 Å². The zero-order valence-electron chi connectivity index (χ0n) is 13.7. The second kappa shape index (κ2) is 5.68. The van der Waals surface area contributed by atoms with Crippen molar-refractivity contribution in [1.29, 1.82) is 0 Å². The third kappa shape index (κ3) is 2.54. The first-order chi connectivity index (χ1) is 11.4. The molecule has 5 rings (SSSR count). The van der Waals surface area contributed by atoms with Crippen molar-refractivity contribution < 1.29 is 9.18 Å². The van der Waals surface area contributed by atoms with E-state index in [0.29, 0.717) is 21.2 Å². The number of nitrogens with one attached hydrogen (secondary N) is 1. The van der Waals surface area contributed by atoms with Gasteiger partial charge in [0, 0.05) is 11.6 Å². The van der Waals surface area contributed by atoms with Crippen LogP contribution >= 0.6 is 22.9 Å². The van der Waals surface area contributed by atoms with Crippen molar-refractivity contribution in [2.75, 3.05) is 13.1 Å². The van der Waals surface area contributed by atoms with E-state index in [4.69, 9.17) is 11.6 Å². The maximum absolute atomic E-state index is 13.5. The summed E-state index contributed by atoms with van der Waals surface area (Å²) in [6, 6.07) is 4.59. The minimum absolute atomic E-state index is 0.0305. The van der Waals surface area contributed by atoms with E-state index in [0.717, 1.165) is 30.6 Å². The van der Waals surface area contributed by atoms with Crippen LogP contribution in [0.5, 0.6) is 0 Å². The fraction of sp³-hybridized carbons (Fsp3) is 0.500. The van der Waals surface area contributed by atoms with Gasteiger partial charge in [-0.1, -0.05) is 11.6 Å². The average Bonchev–Trinajstić information content (AvgIpc) is 2.95. The topological polar surface area (TPSA) is 32.3 Å².